The number of amides is 4. The summed E-state index contributed by atoms with van der Waals surface area (Å²) >= 11 is 0. The second-order valence-electron chi connectivity index (χ2n) is 13.5. The molecule has 3 N–H and O–H groups in total. The van der Waals surface area contributed by atoms with Crippen molar-refractivity contribution in [2.75, 3.05) is 13.1 Å². The number of piperidine rings is 1. The average Bonchev–Trinajstić information content (AvgIpc) is 3.21. The quantitative estimate of drug-likeness (QED) is 0.263. The third-order valence-corrected chi connectivity index (χ3v) is 8.90. The summed E-state index contributed by atoms with van der Waals surface area (Å²) in [7, 11) is 0. The molecule has 3 aliphatic rings. The van der Waals surface area contributed by atoms with Gasteiger partial charge in [-0.1, -0.05) is 61.0 Å². The smallest absolute Gasteiger partial charge is 0.408 e. The fourth-order valence-electron chi connectivity index (χ4n) is 6.42. The van der Waals surface area contributed by atoms with E-state index in [2.05, 4.69) is 43.3 Å². The van der Waals surface area contributed by atoms with Crippen LogP contribution >= 0.6 is 0 Å². The first-order valence-corrected chi connectivity index (χ1v) is 14.6. The van der Waals surface area contributed by atoms with Crippen LogP contribution in [-0.2, 0) is 23.9 Å². The van der Waals surface area contributed by atoms with Crippen LogP contribution in [0.2, 0.25) is 0 Å². The van der Waals surface area contributed by atoms with Gasteiger partial charge in [-0.15, -0.1) is 6.58 Å². The topological polar surface area (TPSA) is 134 Å². The third kappa shape index (κ3) is 6.86. The van der Waals surface area contributed by atoms with Crippen LogP contribution in [0.15, 0.2) is 12.7 Å². The zero-order valence-corrected chi connectivity index (χ0v) is 25.2. The summed E-state index contributed by atoms with van der Waals surface area (Å²) < 4.78 is 5.63. The Kier molecular flexibility index (Phi) is 9.73. The third-order valence-electron chi connectivity index (χ3n) is 8.90. The molecule has 224 valence electrons. The van der Waals surface area contributed by atoms with Crippen molar-refractivity contribution in [1.82, 2.24) is 20.9 Å². The number of Topliss-reactive ketones (excluding diaryl/α,β-unsaturated/α-hetero) is 1. The lowest BCUT2D eigenvalue weighted by Gasteiger charge is -2.37. The molecule has 3 rings (SSSR count). The van der Waals surface area contributed by atoms with E-state index in [9.17, 15) is 24.0 Å². The highest BCUT2D eigenvalue weighted by atomic mass is 16.6. The standard InChI is InChI=1S/C30H48N4O6/c1-9-11-20(23(35)26(37)31-14-10-2)32-25(36)22-21-19(30(21,7)8)16-34(22)27(38)24(29(4,5)6)33-28(39)40-18-13-12-17(3)15-18/h10,17-22,24H,2,9,11-16H2,1,3-8H3,(H,31,37)(H,32,36)(H,33,39)/t17?,18?,19-,20?,21?,22-,24+/m0/s1. The van der Waals surface area contributed by atoms with Gasteiger partial charge in [-0.3, -0.25) is 19.2 Å². The largest absolute Gasteiger partial charge is 0.446 e. The monoisotopic (exact) mass is 560 g/mol. The highest BCUT2D eigenvalue weighted by molar-refractivity contribution is 6.38. The van der Waals surface area contributed by atoms with Crippen molar-refractivity contribution >= 4 is 29.6 Å². The maximum Gasteiger partial charge on any atom is 0.408 e. The van der Waals surface area contributed by atoms with Gasteiger partial charge >= 0.3 is 6.09 Å². The van der Waals surface area contributed by atoms with Crippen molar-refractivity contribution in [1.29, 1.82) is 0 Å². The predicted molar refractivity (Wildman–Crippen MR) is 151 cm³/mol. The van der Waals surface area contributed by atoms with E-state index < -0.39 is 47.2 Å². The fraction of sp³-hybridized carbons (Fsp3) is 0.767. The molecule has 0 aromatic carbocycles. The molecular weight excluding hydrogens is 512 g/mol. The highest BCUT2D eigenvalue weighted by Crippen LogP contribution is 2.65. The van der Waals surface area contributed by atoms with Crippen LogP contribution < -0.4 is 16.0 Å². The van der Waals surface area contributed by atoms with Crippen molar-refractivity contribution in [2.45, 2.75) is 105 Å². The molecule has 2 aliphatic carbocycles. The zero-order chi connectivity index (χ0) is 30.0. The first-order valence-electron chi connectivity index (χ1n) is 14.6. The van der Waals surface area contributed by atoms with Crippen molar-refractivity contribution < 1.29 is 28.7 Å². The maximum absolute atomic E-state index is 14.0. The van der Waals surface area contributed by atoms with Gasteiger partial charge in [0.15, 0.2) is 0 Å². The Labute approximate surface area is 238 Å². The molecule has 10 heteroatoms. The van der Waals surface area contributed by atoms with E-state index in [4.69, 9.17) is 4.74 Å². The van der Waals surface area contributed by atoms with Crippen molar-refractivity contribution in [3.05, 3.63) is 12.7 Å². The molecule has 0 radical (unpaired) electrons. The molecule has 3 fully saturated rings. The van der Waals surface area contributed by atoms with E-state index in [1.54, 1.807) is 4.90 Å². The van der Waals surface area contributed by atoms with E-state index in [0.29, 0.717) is 25.3 Å². The minimum atomic E-state index is -1.000. The van der Waals surface area contributed by atoms with Gasteiger partial charge in [-0.2, -0.15) is 0 Å². The predicted octanol–water partition coefficient (Wildman–Crippen LogP) is 2.96. The number of nitrogens with one attached hydrogen (secondary N) is 3. The molecule has 10 nitrogen and oxygen atoms in total. The molecule has 0 bridgehead atoms. The van der Waals surface area contributed by atoms with Crippen LogP contribution in [0.1, 0.15) is 80.6 Å². The van der Waals surface area contributed by atoms with E-state index in [-0.39, 0.29) is 35.8 Å². The summed E-state index contributed by atoms with van der Waals surface area (Å²) in [6.45, 7) is 17.8. The summed E-state index contributed by atoms with van der Waals surface area (Å²) in [4.78, 5) is 67.3. The van der Waals surface area contributed by atoms with Gasteiger partial charge in [-0.25, -0.2) is 4.79 Å². The Morgan fingerprint density at radius 1 is 1.12 bits per heavy atom. The van der Waals surface area contributed by atoms with Gasteiger partial charge in [0.25, 0.3) is 5.91 Å². The summed E-state index contributed by atoms with van der Waals surface area (Å²) in [6, 6.07) is -2.72. The lowest BCUT2D eigenvalue weighted by molar-refractivity contribution is -0.145. The Morgan fingerprint density at radius 2 is 1.80 bits per heavy atom. The molecule has 0 aromatic heterocycles. The van der Waals surface area contributed by atoms with Gasteiger partial charge in [0.1, 0.15) is 18.2 Å². The fourth-order valence-corrected chi connectivity index (χ4v) is 6.42. The molecule has 2 saturated carbocycles. The number of hydrogen-bond acceptors (Lipinski definition) is 6. The molecule has 1 heterocycles. The van der Waals surface area contributed by atoms with Crippen molar-refractivity contribution in [2.24, 2.45) is 28.6 Å². The highest BCUT2D eigenvalue weighted by Gasteiger charge is 2.70. The molecule has 4 amide bonds. The lowest BCUT2D eigenvalue weighted by atomic mass is 9.85. The minimum Gasteiger partial charge on any atom is -0.446 e. The molecule has 1 aliphatic heterocycles. The van der Waals surface area contributed by atoms with E-state index in [1.165, 1.54) is 6.08 Å². The number of fused-ring (bicyclic) bond motifs is 1. The molecule has 7 atom stereocenters. The van der Waals surface area contributed by atoms with Crippen LogP contribution in [0.5, 0.6) is 0 Å². The normalized spacial score (nSPS) is 28.1. The summed E-state index contributed by atoms with van der Waals surface area (Å²) in [6.07, 6.45) is 4.16. The number of ether oxygens (including phenoxy) is 1. The molecule has 1 saturated heterocycles. The van der Waals surface area contributed by atoms with Crippen LogP contribution in [0, 0.1) is 28.6 Å². The zero-order valence-electron chi connectivity index (χ0n) is 25.2. The van der Waals surface area contributed by atoms with Gasteiger partial charge < -0.3 is 25.6 Å². The molecule has 0 spiro atoms. The Morgan fingerprint density at radius 3 is 2.35 bits per heavy atom. The van der Waals surface area contributed by atoms with Gasteiger partial charge in [0.05, 0.1) is 6.04 Å². The Balaban J connectivity index is 1.78. The number of nitrogens with zero attached hydrogens (tertiary/aromatic N) is 1. The number of likely N-dealkylation sites (tertiary alicyclic amines) is 1. The van der Waals surface area contributed by atoms with Crippen LogP contribution in [0.25, 0.3) is 0 Å². The second kappa shape index (κ2) is 12.3. The second-order valence-corrected chi connectivity index (χ2v) is 13.5. The van der Waals surface area contributed by atoms with Crippen LogP contribution in [0.3, 0.4) is 0 Å². The van der Waals surface area contributed by atoms with Crippen molar-refractivity contribution in [3.8, 4) is 0 Å². The first-order chi connectivity index (χ1) is 18.6. The van der Waals surface area contributed by atoms with Crippen molar-refractivity contribution in [3.63, 3.8) is 0 Å². The minimum absolute atomic E-state index is 0.0871. The van der Waals surface area contributed by atoms with Crippen LogP contribution in [-0.4, -0.2) is 71.8 Å². The summed E-state index contributed by atoms with van der Waals surface area (Å²) in [5.74, 6) is -1.79. The number of carbonyl (C=O) groups is 5. The number of alkyl carbamates (subject to hydrolysis) is 1. The molecule has 0 aromatic rings. The Hall–Kier alpha value is -2.91. The number of carbonyl (C=O) groups excluding carboxylic acids is 5. The van der Waals surface area contributed by atoms with Crippen LogP contribution in [0.4, 0.5) is 4.79 Å². The van der Waals surface area contributed by atoms with Gasteiger partial charge in [0, 0.05) is 13.1 Å². The molecule has 4 unspecified atom stereocenters. The number of ketones is 1. The van der Waals surface area contributed by atoms with E-state index in [0.717, 1.165) is 19.3 Å². The summed E-state index contributed by atoms with van der Waals surface area (Å²) in [5.41, 5.74) is -0.792. The number of hydrogen-bond donors (Lipinski definition) is 3. The lowest BCUT2D eigenvalue weighted by Crippen LogP contribution is -2.60. The number of rotatable bonds is 11. The van der Waals surface area contributed by atoms with Gasteiger partial charge in [0.2, 0.25) is 17.6 Å². The summed E-state index contributed by atoms with van der Waals surface area (Å²) in [5, 5.41) is 8.06. The van der Waals surface area contributed by atoms with Gasteiger partial charge in [-0.05, 0) is 54.3 Å². The first kappa shape index (κ1) is 31.6. The van der Waals surface area contributed by atoms with E-state index >= 15 is 0 Å². The maximum atomic E-state index is 14.0. The Bertz CT molecular complexity index is 1020. The SMILES string of the molecule is C=CCNC(=O)C(=O)C(CCC)NC(=O)[C@@H]1C2[C@H](CN1C(=O)[C@@H](NC(=O)OC1CCC(C)C1)C(C)(C)C)C2(C)C. The van der Waals surface area contributed by atoms with E-state index in [1.807, 2.05) is 27.7 Å². The molecule has 40 heavy (non-hydrogen) atoms. The average molecular weight is 561 g/mol. The molecular formula is C30H48N4O6.